The predicted molar refractivity (Wildman–Crippen MR) is 98.3 cm³/mol. The van der Waals surface area contributed by atoms with E-state index in [1.807, 2.05) is 48.5 Å². The molecule has 1 nitrogen and oxygen atoms in total. The van der Waals surface area contributed by atoms with Crippen molar-refractivity contribution in [3.8, 4) is 0 Å². The summed E-state index contributed by atoms with van der Waals surface area (Å²) in [6.07, 6.45) is 0. The molecule has 0 N–H and O–H groups in total. The van der Waals surface area contributed by atoms with Gasteiger partial charge in [0.25, 0.3) is 0 Å². The molecule has 22 heavy (non-hydrogen) atoms. The van der Waals surface area contributed by atoms with Crippen molar-refractivity contribution in [2.75, 3.05) is 11.9 Å². The van der Waals surface area contributed by atoms with Gasteiger partial charge < -0.3 is 4.90 Å². The summed E-state index contributed by atoms with van der Waals surface area (Å²) in [6.45, 7) is 10.4. The molecule has 0 saturated carbocycles. The van der Waals surface area contributed by atoms with E-state index in [2.05, 4.69) is 41.5 Å². The quantitative estimate of drug-likeness (QED) is 0.652. The van der Waals surface area contributed by atoms with E-state index in [1.54, 1.807) is 0 Å². The van der Waals surface area contributed by atoms with Crippen molar-refractivity contribution in [1.29, 1.82) is 0 Å². The highest BCUT2D eigenvalue weighted by molar-refractivity contribution is 5.70. The monoisotopic (exact) mass is 298 g/mol. The van der Waals surface area contributed by atoms with Gasteiger partial charge in [-0.05, 0) is 34.1 Å². The third kappa shape index (κ3) is 3.35. The lowest BCUT2D eigenvalue weighted by atomic mass is 9.83. The summed E-state index contributed by atoms with van der Waals surface area (Å²) in [6, 6.07) is 15.6. The van der Waals surface area contributed by atoms with Crippen molar-refractivity contribution in [2.24, 2.45) is 0 Å². The molecule has 0 amide bonds. The lowest BCUT2D eigenvalue weighted by molar-refractivity contribution is 0.586. The van der Waals surface area contributed by atoms with Crippen molar-refractivity contribution in [1.82, 2.24) is 0 Å². The molecule has 0 heterocycles. The molecule has 2 aromatic carbocycles. The Labute approximate surface area is 140 Å². The van der Waals surface area contributed by atoms with Crippen LogP contribution in [0.2, 0.25) is 0 Å². The van der Waals surface area contributed by atoms with Gasteiger partial charge in [-0.25, -0.2) is 0 Å². The summed E-state index contributed by atoms with van der Waals surface area (Å²) >= 11 is 0. The van der Waals surface area contributed by atoms with E-state index >= 15 is 0 Å². The second-order valence-corrected chi connectivity index (χ2v) is 7.87. The predicted octanol–water partition coefficient (Wildman–Crippen LogP) is 6.05. The van der Waals surface area contributed by atoms with Crippen molar-refractivity contribution >= 4 is 11.4 Å². The van der Waals surface area contributed by atoms with Crippen LogP contribution >= 0.6 is 0 Å². The summed E-state index contributed by atoms with van der Waals surface area (Å²) in [4.78, 5) is 1.52. The van der Waals surface area contributed by atoms with E-state index in [9.17, 15) is 0 Å². The molecule has 2 aromatic rings. The van der Waals surface area contributed by atoms with Crippen LogP contribution in [0.4, 0.5) is 11.4 Å². The van der Waals surface area contributed by atoms with E-state index in [-0.39, 0.29) is 10.8 Å². The van der Waals surface area contributed by atoms with Gasteiger partial charge in [0, 0.05) is 22.5 Å². The van der Waals surface area contributed by atoms with Gasteiger partial charge in [0.05, 0.1) is 0 Å². The summed E-state index contributed by atoms with van der Waals surface area (Å²) in [5.74, 6) is 0. The lowest BCUT2D eigenvalue weighted by Gasteiger charge is -2.32. The minimum Gasteiger partial charge on any atom is -0.344 e. The number of hydrogen-bond donors (Lipinski definition) is 0. The molecule has 0 aliphatic heterocycles. The Balaban J connectivity index is 2.79. The maximum Gasteiger partial charge on any atom is 0.0461 e. The van der Waals surface area contributed by atoms with Crippen LogP contribution in [0.25, 0.3) is 0 Å². The van der Waals surface area contributed by atoms with Crippen molar-refractivity contribution in [3.63, 3.8) is 0 Å². The molecule has 0 aliphatic carbocycles. The average molecular weight is 298 g/mol. The molecule has 0 aromatic heterocycles. The highest BCUT2D eigenvalue weighted by Gasteiger charge is 2.23. The number of hydrogen-bond acceptors (Lipinski definition) is 1. The Hall–Kier alpha value is -1.76. The molecule has 0 spiro atoms. The largest absolute Gasteiger partial charge is 0.344 e. The van der Waals surface area contributed by atoms with Gasteiger partial charge in [0.1, 0.15) is 0 Å². The van der Waals surface area contributed by atoms with Gasteiger partial charge in [-0.3, -0.25) is 0 Å². The zero-order valence-electron chi connectivity index (χ0n) is 17.6. The van der Waals surface area contributed by atoms with Crippen molar-refractivity contribution in [2.45, 2.75) is 52.4 Å². The molecule has 2 rings (SSSR count). The molecule has 1 heteroatoms. The Morgan fingerprint density at radius 3 is 1.36 bits per heavy atom. The second-order valence-electron chi connectivity index (χ2n) is 7.87. The zero-order valence-corrected chi connectivity index (χ0v) is 14.6. The van der Waals surface area contributed by atoms with Gasteiger partial charge in [0.15, 0.2) is 0 Å². The molecule has 0 radical (unpaired) electrons. The highest BCUT2D eigenvalue weighted by Crippen LogP contribution is 2.38. The summed E-state index contributed by atoms with van der Waals surface area (Å²) in [7, 11) is 0. The summed E-state index contributed by atoms with van der Waals surface area (Å²) in [5, 5.41) is 0. The molecule has 0 bridgehead atoms. The molecule has 0 fully saturated rings. The fourth-order valence-corrected chi connectivity index (χ4v) is 2.74. The van der Waals surface area contributed by atoms with E-state index < -0.39 is 6.98 Å². The normalized spacial score (nSPS) is 14.9. The highest BCUT2D eigenvalue weighted by atomic mass is 15.1. The average Bonchev–Trinajstić information content (AvgIpc) is 2.45. The number of benzene rings is 2. The first-order valence-electron chi connectivity index (χ1n) is 9.33. The van der Waals surface area contributed by atoms with Crippen LogP contribution in [0.5, 0.6) is 0 Å². The van der Waals surface area contributed by atoms with E-state index in [1.165, 1.54) is 4.90 Å². The van der Waals surface area contributed by atoms with E-state index in [4.69, 9.17) is 4.11 Å². The first-order valence-corrected chi connectivity index (χ1v) is 7.83. The molecule has 118 valence electrons. The second kappa shape index (κ2) is 5.79. The van der Waals surface area contributed by atoms with E-state index in [0.717, 1.165) is 22.5 Å². The van der Waals surface area contributed by atoms with Gasteiger partial charge in [0.2, 0.25) is 0 Å². The molecule has 0 atom stereocenters. The Bertz CT molecular complexity index is 676. The van der Waals surface area contributed by atoms with Crippen LogP contribution in [-0.4, -0.2) is 6.98 Å². The number of rotatable bonds is 2. The van der Waals surface area contributed by atoms with Crippen LogP contribution in [0.1, 0.15) is 56.8 Å². The van der Waals surface area contributed by atoms with Crippen LogP contribution in [0, 0.1) is 0 Å². The number of para-hydroxylation sites is 2. The maximum absolute atomic E-state index is 8.23. The SMILES string of the molecule is [2H]C([2H])([2H])N(c1ccccc1C(C)(C)C)c1ccccc1C(C)(C)C. The molecular formula is C21H29N. The molecule has 0 aliphatic rings. The van der Waals surface area contributed by atoms with Crippen LogP contribution in [0.3, 0.4) is 0 Å². The number of anilines is 2. The third-order valence-electron chi connectivity index (χ3n) is 3.91. The molecule has 0 saturated heterocycles. The Morgan fingerprint density at radius 2 is 1.05 bits per heavy atom. The zero-order chi connectivity index (χ0) is 19.0. The maximum atomic E-state index is 8.23. The van der Waals surface area contributed by atoms with Crippen molar-refractivity contribution in [3.05, 3.63) is 59.7 Å². The fourth-order valence-electron chi connectivity index (χ4n) is 2.74. The van der Waals surface area contributed by atoms with Gasteiger partial charge in [-0.1, -0.05) is 77.9 Å². The van der Waals surface area contributed by atoms with Crippen LogP contribution in [0.15, 0.2) is 48.5 Å². The van der Waals surface area contributed by atoms with Gasteiger partial charge in [-0.2, -0.15) is 0 Å². The molecular weight excluding hydrogens is 266 g/mol. The third-order valence-corrected chi connectivity index (χ3v) is 3.91. The van der Waals surface area contributed by atoms with E-state index in [0.29, 0.717) is 0 Å². The van der Waals surface area contributed by atoms with Gasteiger partial charge in [-0.15, -0.1) is 0 Å². The topological polar surface area (TPSA) is 3.24 Å². The summed E-state index contributed by atoms with van der Waals surface area (Å²) in [5.41, 5.74) is 3.22. The van der Waals surface area contributed by atoms with Crippen LogP contribution in [-0.2, 0) is 10.8 Å². The van der Waals surface area contributed by atoms with Crippen LogP contribution < -0.4 is 4.90 Å². The smallest absolute Gasteiger partial charge is 0.0461 e. The fraction of sp³-hybridized carbons (Fsp3) is 0.429. The minimum absolute atomic E-state index is 0.156. The number of nitrogens with zero attached hydrogens (tertiary/aromatic N) is 1. The first-order chi connectivity index (χ1) is 11.3. The Morgan fingerprint density at radius 1 is 0.682 bits per heavy atom. The van der Waals surface area contributed by atoms with Gasteiger partial charge >= 0.3 is 0 Å². The Kier molecular flexibility index (Phi) is 3.36. The lowest BCUT2D eigenvalue weighted by Crippen LogP contribution is -2.22. The first kappa shape index (κ1) is 12.8. The summed E-state index contributed by atoms with van der Waals surface area (Å²) < 4.78 is 24.7. The minimum atomic E-state index is -2.28. The van der Waals surface area contributed by atoms with Crippen molar-refractivity contribution < 1.29 is 4.11 Å². The standard InChI is InChI=1S/C21H29N/c1-20(2,3)16-12-8-10-14-18(16)22(7)19-15-11-9-13-17(19)21(4,5)6/h8-15H,1-7H3/i7D3. The molecule has 0 unspecified atom stereocenters.